The molecule has 3 N–H and O–H groups in total. The smallest absolute Gasteiger partial charge is 0.375 e. The second-order valence-electron chi connectivity index (χ2n) is 7.94. The third-order valence-electron chi connectivity index (χ3n) is 5.59. The highest BCUT2D eigenvalue weighted by molar-refractivity contribution is 6.00. The molecule has 0 aliphatic carbocycles. The molecule has 0 aliphatic heterocycles. The van der Waals surface area contributed by atoms with Crippen LogP contribution in [0.3, 0.4) is 0 Å². The molecule has 4 rings (SSSR count). The fourth-order valence-electron chi connectivity index (χ4n) is 3.73. The number of rotatable bonds is 6. The van der Waals surface area contributed by atoms with Gasteiger partial charge in [-0.3, -0.25) is 4.79 Å². The van der Waals surface area contributed by atoms with Crippen molar-refractivity contribution in [3.8, 4) is 11.1 Å². The Morgan fingerprint density at radius 3 is 2.37 bits per heavy atom. The highest BCUT2D eigenvalue weighted by Crippen LogP contribution is 2.40. The number of amides is 1. The molecule has 0 bridgehead atoms. The van der Waals surface area contributed by atoms with Crippen LogP contribution in [0.25, 0.3) is 22.0 Å². The number of pyridine rings is 1. The van der Waals surface area contributed by atoms with Gasteiger partial charge in [-0.25, -0.2) is 18.4 Å². The maximum atomic E-state index is 13.8. The number of hydrogen-bond acceptors (Lipinski definition) is 5. The molecule has 2 aromatic heterocycles. The summed E-state index contributed by atoms with van der Waals surface area (Å²) in [5, 5.41) is 17.7. The first-order chi connectivity index (χ1) is 16.4. The largest absolute Gasteiger partial charge is 0.423 e. The minimum Gasteiger partial charge on any atom is -0.375 e. The second kappa shape index (κ2) is 8.69. The van der Waals surface area contributed by atoms with Gasteiger partial charge in [0.1, 0.15) is 23.0 Å². The predicted octanol–water partition coefficient (Wildman–Crippen LogP) is 4.08. The number of carbonyl (C=O) groups is 1. The Bertz CT molecular complexity index is 1420. The Hall–Kier alpha value is -3.93. The van der Waals surface area contributed by atoms with E-state index in [4.69, 9.17) is 5.73 Å². The number of halogens is 5. The van der Waals surface area contributed by atoms with Crippen LogP contribution in [-0.4, -0.2) is 37.2 Å². The molecule has 4 aromatic rings. The summed E-state index contributed by atoms with van der Waals surface area (Å²) < 4.78 is 68.7. The van der Waals surface area contributed by atoms with Gasteiger partial charge < -0.3 is 10.8 Å². The van der Waals surface area contributed by atoms with Crippen molar-refractivity contribution in [2.75, 3.05) is 0 Å². The molecule has 7 nitrogen and oxygen atoms in total. The number of aromatic nitrogens is 4. The van der Waals surface area contributed by atoms with E-state index in [9.17, 15) is 31.9 Å². The lowest BCUT2D eigenvalue weighted by Gasteiger charge is -2.26. The highest BCUT2D eigenvalue weighted by atomic mass is 19.4. The van der Waals surface area contributed by atoms with Crippen molar-refractivity contribution in [2.24, 2.45) is 5.73 Å². The Balaban J connectivity index is 1.75. The van der Waals surface area contributed by atoms with E-state index in [-0.39, 0.29) is 23.3 Å². The molecule has 0 unspecified atom stereocenters. The van der Waals surface area contributed by atoms with Gasteiger partial charge in [-0.2, -0.15) is 13.2 Å². The van der Waals surface area contributed by atoms with Gasteiger partial charge in [0.25, 0.3) is 5.91 Å². The predicted molar refractivity (Wildman–Crippen MR) is 115 cm³/mol. The van der Waals surface area contributed by atoms with Gasteiger partial charge in [-0.15, -0.1) is 5.10 Å². The Morgan fingerprint density at radius 1 is 1.09 bits per heavy atom. The molecule has 2 aromatic carbocycles. The monoisotopic (exact) mass is 491 g/mol. The normalized spacial score (nSPS) is 13.7. The Morgan fingerprint density at radius 2 is 1.77 bits per heavy atom. The van der Waals surface area contributed by atoms with Crippen molar-refractivity contribution in [1.29, 1.82) is 0 Å². The van der Waals surface area contributed by atoms with Crippen LogP contribution in [0.2, 0.25) is 0 Å². The third kappa shape index (κ3) is 4.56. The zero-order valence-electron chi connectivity index (χ0n) is 18.1. The fraction of sp³-hybridized carbons (Fsp3) is 0.217. The van der Waals surface area contributed by atoms with Crippen LogP contribution < -0.4 is 5.73 Å². The minimum atomic E-state index is -4.94. The summed E-state index contributed by atoms with van der Waals surface area (Å²) in [6, 6.07) is 8.99. The number of aliphatic hydroxyl groups is 1. The van der Waals surface area contributed by atoms with Crippen molar-refractivity contribution < 1.29 is 31.9 Å². The summed E-state index contributed by atoms with van der Waals surface area (Å²) in [5.41, 5.74) is 2.72. The lowest BCUT2D eigenvalue weighted by atomic mass is 9.96. The number of primary amides is 1. The SMILES string of the molecule is CC[C@](O)(c1cn(Cc2ccc3c(-c4cc(F)cc(F)c4)cc(C(N)=O)nc3c2)nn1)C(F)(F)F. The average Bonchev–Trinajstić information content (AvgIpc) is 3.24. The fourth-order valence-corrected chi connectivity index (χ4v) is 3.73. The van der Waals surface area contributed by atoms with E-state index in [2.05, 4.69) is 15.3 Å². The van der Waals surface area contributed by atoms with E-state index in [1.165, 1.54) is 19.1 Å². The van der Waals surface area contributed by atoms with Crippen LogP contribution in [0, 0.1) is 11.6 Å². The highest BCUT2D eigenvalue weighted by Gasteiger charge is 2.55. The maximum absolute atomic E-state index is 13.8. The minimum absolute atomic E-state index is 0.0347. The molecular formula is C23H18F5N5O2. The van der Waals surface area contributed by atoms with E-state index in [1.807, 2.05) is 0 Å². The molecule has 0 saturated heterocycles. The van der Waals surface area contributed by atoms with E-state index in [0.29, 0.717) is 22.6 Å². The average molecular weight is 491 g/mol. The summed E-state index contributed by atoms with van der Waals surface area (Å²) >= 11 is 0. The van der Waals surface area contributed by atoms with Gasteiger partial charge in [0, 0.05) is 11.5 Å². The number of hydrogen-bond donors (Lipinski definition) is 2. The number of benzene rings is 2. The molecule has 0 spiro atoms. The van der Waals surface area contributed by atoms with Crippen molar-refractivity contribution in [1.82, 2.24) is 20.0 Å². The van der Waals surface area contributed by atoms with Crippen molar-refractivity contribution >= 4 is 16.8 Å². The summed E-state index contributed by atoms with van der Waals surface area (Å²) in [4.78, 5) is 16.0. The standard InChI is InChI=1S/C23H18F5N5O2/c1-2-22(35,23(26,27)28)20-11-33(32-31-20)10-12-3-4-16-17(13-6-14(24)8-15(25)7-13)9-19(21(29)34)30-18(16)5-12/h3-9,11,35H,2,10H2,1H3,(H2,29,34)/t22-/m0/s1. The number of fused-ring (bicyclic) bond motifs is 1. The number of alkyl halides is 3. The van der Waals surface area contributed by atoms with Crippen LogP contribution >= 0.6 is 0 Å². The van der Waals surface area contributed by atoms with Gasteiger partial charge in [-0.1, -0.05) is 24.3 Å². The molecule has 0 radical (unpaired) electrons. The summed E-state index contributed by atoms with van der Waals surface area (Å²) in [7, 11) is 0. The molecule has 2 heterocycles. The topological polar surface area (TPSA) is 107 Å². The molecule has 1 amide bonds. The van der Waals surface area contributed by atoms with Crippen LogP contribution in [0.1, 0.15) is 35.1 Å². The van der Waals surface area contributed by atoms with E-state index < -0.39 is 41.4 Å². The summed E-state index contributed by atoms with van der Waals surface area (Å²) in [5.74, 6) is -2.48. The van der Waals surface area contributed by atoms with E-state index in [1.54, 1.807) is 12.1 Å². The molecular weight excluding hydrogens is 473 g/mol. The Kier molecular flexibility index (Phi) is 6.01. The van der Waals surface area contributed by atoms with Crippen molar-refractivity contribution in [3.05, 3.63) is 77.2 Å². The number of carbonyl (C=O) groups excluding carboxylic acids is 1. The van der Waals surface area contributed by atoms with Gasteiger partial charge in [0.05, 0.1) is 18.3 Å². The van der Waals surface area contributed by atoms with Gasteiger partial charge in [0.15, 0.2) is 0 Å². The molecule has 12 heteroatoms. The van der Waals surface area contributed by atoms with Crippen LogP contribution in [0.15, 0.2) is 48.7 Å². The van der Waals surface area contributed by atoms with Crippen LogP contribution in [-0.2, 0) is 12.1 Å². The third-order valence-corrected chi connectivity index (χ3v) is 5.59. The second-order valence-corrected chi connectivity index (χ2v) is 7.94. The van der Waals surface area contributed by atoms with E-state index in [0.717, 1.165) is 23.0 Å². The summed E-state index contributed by atoms with van der Waals surface area (Å²) in [6.07, 6.45) is -4.59. The van der Waals surface area contributed by atoms with Crippen molar-refractivity contribution in [3.63, 3.8) is 0 Å². The van der Waals surface area contributed by atoms with Crippen LogP contribution in [0.5, 0.6) is 0 Å². The van der Waals surface area contributed by atoms with Gasteiger partial charge in [0.2, 0.25) is 5.60 Å². The lowest BCUT2D eigenvalue weighted by Crippen LogP contribution is -2.42. The molecule has 0 fully saturated rings. The van der Waals surface area contributed by atoms with Crippen LogP contribution in [0.4, 0.5) is 22.0 Å². The lowest BCUT2D eigenvalue weighted by molar-refractivity contribution is -0.269. The van der Waals surface area contributed by atoms with E-state index >= 15 is 0 Å². The summed E-state index contributed by atoms with van der Waals surface area (Å²) in [6.45, 7) is 1.15. The molecule has 182 valence electrons. The molecule has 0 saturated carbocycles. The zero-order valence-corrected chi connectivity index (χ0v) is 18.1. The first-order valence-electron chi connectivity index (χ1n) is 10.3. The first-order valence-corrected chi connectivity index (χ1v) is 10.3. The molecule has 0 aliphatic rings. The quantitative estimate of drug-likeness (QED) is 0.396. The first kappa shape index (κ1) is 24.2. The van der Waals surface area contributed by atoms with Gasteiger partial charge in [-0.05, 0) is 47.4 Å². The van der Waals surface area contributed by atoms with Gasteiger partial charge >= 0.3 is 6.18 Å². The molecule has 35 heavy (non-hydrogen) atoms. The molecule has 1 atom stereocenters. The zero-order chi connectivity index (χ0) is 25.5. The Labute approximate surface area is 195 Å². The van der Waals surface area contributed by atoms with Crippen molar-refractivity contribution in [2.45, 2.75) is 31.7 Å². The maximum Gasteiger partial charge on any atom is 0.423 e. The number of nitrogens with two attached hydrogens (primary N) is 1. The number of nitrogens with zero attached hydrogens (tertiary/aromatic N) is 4.